The molecule has 1 N–H and O–H groups in total. The molecule has 3 aromatic rings. The molecule has 2 aliphatic heterocycles. The van der Waals surface area contributed by atoms with Crippen LogP contribution in [0.25, 0.3) is 10.9 Å². The third-order valence-electron chi connectivity index (χ3n) is 8.06. The number of imide groups is 1. The predicted molar refractivity (Wildman–Crippen MR) is 136 cm³/mol. The van der Waals surface area contributed by atoms with Gasteiger partial charge >= 0.3 is 6.03 Å². The lowest BCUT2D eigenvalue weighted by molar-refractivity contribution is -0.135. The van der Waals surface area contributed by atoms with E-state index in [0.717, 1.165) is 37.2 Å². The lowest BCUT2D eigenvalue weighted by atomic mass is 9.85. The molecule has 3 heterocycles. The van der Waals surface area contributed by atoms with E-state index in [1.807, 2.05) is 24.3 Å². The average molecular weight is 475 g/mol. The lowest BCUT2D eigenvalue weighted by Crippen LogP contribution is -2.56. The van der Waals surface area contributed by atoms with E-state index in [1.54, 1.807) is 19.1 Å². The number of H-pyrrole nitrogens is 1. The zero-order chi connectivity index (χ0) is 24.6. The molecule has 184 valence electrons. The number of likely N-dealkylation sites (N-methyl/N-ethyl adjacent to an activating group) is 1. The molecule has 0 bridgehead atoms. The summed E-state index contributed by atoms with van der Waals surface area (Å²) in [6.45, 7) is 4.19. The van der Waals surface area contributed by atoms with Crippen LogP contribution in [0.2, 0.25) is 0 Å². The molecule has 1 aromatic heterocycles. The van der Waals surface area contributed by atoms with Crippen molar-refractivity contribution in [3.8, 4) is 5.75 Å². The van der Waals surface area contributed by atoms with Crippen molar-refractivity contribution in [2.75, 3.05) is 27.2 Å². The van der Waals surface area contributed by atoms with E-state index in [1.165, 1.54) is 21.4 Å². The topological polar surface area (TPSA) is 68.9 Å². The van der Waals surface area contributed by atoms with Gasteiger partial charge < -0.3 is 19.5 Å². The number of nitrogens with one attached hydrogen (secondary N) is 1. The normalized spacial score (nSPS) is 19.2. The predicted octanol–water partition coefficient (Wildman–Crippen LogP) is 4.43. The fourth-order valence-electron chi connectivity index (χ4n) is 5.67. The Hall–Kier alpha value is -3.32. The van der Waals surface area contributed by atoms with Crippen LogP contribution in [-0.2, 0) is 17.8 Å². The molecule has 2 aliphatic rings. The van der Waals surface area contributed by atoms with Crippen molar-refractivity contribution >= 4 is 22.8 Å². The van der Waals surface area contributed by atoms with Gasteiger partial charge in [0.1, 0.15) is 11.3 Å². The van der Waals surface area contributed by atoms with Crippen LogP contribution in [0.15, 0.2) is 54.7 Å². The number of rotatable bonds is 7. The summed E-state index contributed by atoms with van der Waals surface area (Å²) in [5.41, 5.74) is 2.73. The maximum absolute atomic E-state index is 13.5. The number of amides is 3. The summed E-state index contributed by atoms with van der Waals surface area (Å²) in [5, 5.41) is 1.30. The smallest absolute Gasteiger partial charge is 0.327 e. The number of nitrogens with zero attached hydrogens (tertiary/aromatic N) is 3. The van der Waals surface area contributed by atoms with Crippen LogP contribution in [0, 0.1) is 0 Å². The molecule has 7 heteroatoms. The number of aryl methyl sites for hydroxylation is 1. The maximum Gasteiger partial charge on any atom is 0.327 e. The van der Waals surface area contributed by atoms with Crippen LogP contribution in [0.5, 0.6) is 5.75 Å². The molecule has 1 spiro atoms. The van der Waals surface area contributed by atoms with Gasteiger partial charge in [-0.2, -0.15) is 0 Å². The summed E-state index contributed by atoms with van der Waals surface area (Å²) in [5.74, 6) is 0.694. The molecule has 2 aromatic carbocycles. The Bertz CT molecular complexity index is 1210. The van der Waals surface area contributed by atoms with Gasteiger partial charge in [0.15, 0.2) is 0 Å². The van der Waals surface area contributed by atoms with Crippen LogP contribution in [0.4, 0.5) is 4.79 Å². The first-order chi connectivity index (χ1) is 16.9. The van der Waals surface area contributed by atoms with Crippen molar-refractivity contribution in [3.63, 3.8) is 0 Å². The number of benzene rings is 2. The fourth-order valence-corrected chi connectivity index (χ4v) is 5.67. The highest BCUT2D eigenvalue weighted by atomic mass is 16.5. The van der Waals surface area contributed by atoms with Crippen molar-refractivity contribution in [2.24, 2.45) is 0 Å². The van der Waals surface area contributed by atoms with Crippen molar-refractivity contribution in [1.82, 2.24) is 19.7 Å². The van der Waals surface area contributed by atoms with Crippen LogP contribution in [-0.4, -0.2) is 70.4 Å². The minimum Gasteiger partial charge on any atom is -0.497 e. The van der Waals surface area contributed by atoms with E-state index in [9.17, 15) is 9.59 Å². The monoisotopic (exact) mass is 474 g/mol. The first-order valence-corrected chi connectivity index (χ1v) is 12.4. The van der Waals surface area contributed by atoms with Crippen molar-refractivity contribution < 1.29 is 14.3 Å². The minimum absolute atomic E-state index is 0.0630. The second kappa shape index (κ2) is 9.38. The Morgan fingerprint density at radius 3 is 2.49 bits per heavy atom. The third-order valence-corrected chi connectivity index (χ3v) is 8.06. The molecular formula is C28H34N4O3. The van der Waals surface area contributed by atoms with Gasteiger partial charge in [0.05, 0.1) is 13.7 Å². The molecule has 7 nitrogen and oxygen atoms in total. The molecule has 35 heavy (non-hydrogen) atoms. The number of aromatic amines is 1. The second-order valence-corrected chi connectivity index (χ2v) is 9.90. The molecule has 0 unspecified atom stereocenters. The number of piperidine rings is 1. The highest BCUT2D eigenvalue weighted by Gasteiger charge is 2.56. The first-order valence-electron chi connectivity index (χ1n) is 12.4. The second-order valence-electron chi connectivity index (χ2n) is 9.90. The van der Waals surface area contributed by atoms with E-state index < -0.39 is 5.54 Å². The Morgan fingerprint density at radius 1 is 1.06 bits per heavy atom. The van der Waals surface area contributed by atoms with Gasteiger partial charge in [-0.25, -0.2) is 4.79 Å². The van der Waals surface area contributed by atoms with Crippen molar-refractivity contribution in [1.29, 1.82) is 0 Å². The fraction of sp³-hybridized carbons (Fsp3) is 0.429. The van der Waals surface area contributed by atoms with Gasteiger partial charge in [0.2, 0.25) is 0 Å². The molecule has 3 amide bonds. The summed E-state index contributed by atoms with van der Waals surface area (Å²) < 4.78 is 5.21. The maximum atomic E-state index is 13.5. The molecule has 0 radical (unpaired) electrons. The number of carbonyl (C=O) groups excluding carboxylic acids is 2. The van der Waals surface area contributed by atoms with Crippen LogP contribution >= 0.6 is 0 Å². The van der Waals surface area contributed by atoms with Gasteiger partial charge in [-0.15, -0.1) is 0 Å². The molecular weight excluding hydrogens is 440 g/mol. The Balaban J connectivity index is 1.20. The number of hydrogen-bond donors (Lipinski definition) is 1. The average Bonchev–Trinajstić information content (AvgIpc) is 3.38. The molecule has 0 aliphatic carbocycles. The number of carbonyl (C=O) groups is 2. The highest BCUT2D eigenvalue weighted by molar-refractivity contribution is 6.07. The first kappa shape index (κ1) is 23.4. The SMILES string of the molecule is COc1ccc(CN2C(=O)N(C)C3(CCN([C@H](C)CCc4c[nH]c5ccccc45)CC3)C2=O)cc1. The van der Waals surface area contributed by atoms with Gasteiger partial charge in [-0.05, 0) is 61.9 Å². The van der Waals surface area contributed by atoms with Gasteiger partial charge in [0, 0.05) is 43.3 Å². The standard InChI is InChI=1S/C28H34N4O3/c1-20(8-11-22-18-29-25-7-5-4-6-24(22)25)31-16-14-28(15-17-31)26(33)32(27(34)30(28)2)19-21-9-12-23(35-3)13-10-21/h4-7,9-10,12-13,18,20,29H,8,11,14-17,19H2,1-3H3/t20-/m1/s1. The number of likely N-dealkylation sites (tertiary alicyclic amines) is 1. The molecule has 0 saturated carbocycles. The lowest BCUT2D eigenvalue weighted by Gasteiger charge is -2.43. The molecule has 2 fully saturated rings. The summed E-state index contributed by atoms with van der Waals surface area (Å²) >= 11 is 0. The molecule has 5 rings (SSSR count). The van der Waals surface area contributed by atoms with Crippen molar-refractivity contribution in [3.05, 3.63) is 65.9 Å². The van der Waals surface area contributed by atoms with Crippen molar-refractivity contribution in [2.45, 2.75) is 50.7 Å². The number of hydrogen-bond acceptors (Lipinski definition) is 4. The number of aromatic nitrogens is 1. The van der Waals surface area contributed by atoms with Gasteiger partial charge in [0.25, 0.3) is 5.91 Å². The zero-order valence-corrected chi connectivity index (χ0v) is 20.8. The minimum atomic E-state index is -0.726. The van der Waals surface area contributed by atoms with Crippen LogP contribution in [0.1, 0.15) is 37.3 Å². The summed E-state index contributed by atoms with van der Waals surface area (Å²) in [6.07, 6.45) is 5.54. The summed E-state index contributed by atoms with van der Waals surface area (Å²) in [7, 11) is 3.40. The number of ether oxygens (including phenoxy) is 1. The van der Waals surface area contributed by atoms with E-state index in [-0.39, 0.29) is 11.9 Å². The van der Waals surface area contributed by atoms with Gasteiger partial charge in [-0.1, -0.05) is 30.3 Å². The number of fused-ring (bicyclic) bond motifs is 1. The number of methoxy groups -OCH3 is 1. The molecule has 1 atom stereocenters. The van der Waals surface area contributed by atoms with Crippen LogP contribution < -0.4 is 4.74 Å². The highest BCUT2D eigenvalue weighted by Crippen LogP contribution is 2.37. The zero-order valence-electron chi connectivity index (χ0n) is 20.8. The van der Waals surface area contributed by atoms with Gasteiger partial charge in [-0.3, -0.25) is 9.69 Å². The third kappa shape index (κ3) is 4.18. The largest absolute Gasteiger partial charge is 0.497 e. The Labute approximate surface area is 206 Å². The Kier molecular flexibility index (Phi) is 6.28. The number of para-hydroxylation sites is 1. The van der Waals surface area contributed by atoms with E-state index in [4.69, 9.17) is 4.74 Å². The molecule has 2 saturated heterocycles. The van der Waals surface area contributed by atoms with E-state index >= 15 is 0 Å². The van der Waals surface area contributed by atoms with Crippen LogP contribution in [0.3, 0.4) is 0 Å². The number of urea groups is 1. The summed E-state index contributed by atoms with van der Waals surface area (Å²) in [4.78, 5) is 35.5. The quantitative estimate of drug-likeness (QED) is 0.515. The van der Waals surface area contributed by atoms with E-state index in [2.05, 4.69) is 47.3 Å². The summed E-state index contributed by atoms with van der Waals surface area (Å²) in [6, 6.07) is 16.2. The Morgan fingerprint density at radius 2 is 1.77 bits per heavy atom. The van der Waals surface area contributed by atoms with E-state index in [0.29, 0.717) is 25.4 Å².